The van der Waals surface area contributed by atoms with Crippen LogP contribution in [0.5, 0.6) is 0 Å². The summed E-state index contributed by atoms with van der Waals surface area (Å²) < 4.78 is 22.8. The molecule has 0 radical (unpaired) electrons. The molecule has 0 heterocycles. The Morgan fingerprint density at radius 3 is 2.60 bits per heavy atom. The zero-order valence-electron chi connectivity index (χ0n) is 15.8. The smallest absolute Gasteiger partial charge is 0.193 e. The van der Waals surface area contributed by atoms with E-state index < -0.39 is 9.84 Å². The SMILES string of the molecule is CCNC(=NCC(C)(C)CCS(C)(=O)=O)N(C)Cc1cccc(Cl)c1. The van der Waals surface area contributed by atoms with Gasteiger partial charge in [-0.25, -0.2) is 8.42 Å². The Hall–Kier alpha value is -1.27. The van der Waals surface area contributed by atoms with Gasteiger partial charge < -0.3 is 10.2 Å². The second kappa shape index (κ2) is 9.43. The molecule has 0 aliphatic heterocycles. The third-order valence-electron chi connectivity index (χ3n) is 3.81. The zero-order valence-corrected chi connectivity index (χ0v) is 17.4. The molecule has 0 atom stereocenters. The van der Waals surface area contributed by atoms with Crippen molar-refractivity contribution >= 4 is 27.4 Å². The highest BCUT2D eigenvalue weighted by atomic mass is 35.5. The number of rotatable bonds is 8. The van der Waals surface area contributed by atoms with Gasteiger partial charge in [0.15, 0.2) is 5.96 Å². The molecule has 7 heteroatoms. The molecule has 0 spiro atoms. The third kappa shape index (κ3) is 9.12. The normalized spacial score (nSPS) is 13.0. The van der Waals surface area contributed by atoms with Gasteiger partial charge in [-0.15, -0.1) is 0 Å². The fraction of sp³-hybridized carbons (Fsp3) is 0.611. The summed E-state index contributed by atoms with van der Waals surface area (Å²) in [7, 11) is -0.976. The minimum absolute atomic E-state index is 0.180. The van der Waals surface area contributed by atoms with Gasteiger partial charge in [0, 0.05) is 38.0 Å². The molecule has 0 saturated carbocycles. The van der Waals surface area contributed by atoms with Crippen LogP contribution >= 0.6 is 11.6 Å². The lowest BCUT2D eigenvalue weighted by Gasteiger charge is -2.26. The highest BCUT2D eigenvalue weighted by Crippen LogP contribution is 2.21. The van der Waals surface area contributed by atoms with Gasteiger partial charge >= 0.3 is 0 Å². The Kier molecular flexibility index (Phi) is 8.22. The van der Waals surface area contributed by atoms with Crippen molar-refractivity contribution < 1.29 is 8.42 Å². The first-order chi connectivity index (χ1) is 11.5. The standard InChI is InChI=1S/C18H30ClN3O2S/c1-6-20-17(21-14-18(2,3)10-11-25(5,23)24)22(4)13-15-8-7-9-16(19)12-15/h7-9,12H,6,10-11,13-14H2,1-5H3,(H,20,21). The van der Waals surface area contributed by atoms with Crippen molar-refractivity contribution in [3.05, 3.63) is 34.9 Å². The molecule has 1 N–H and O–H groups in total. The second-order valence-corrected chi connectivity index (χ2v) is 9.90. The summed E-state index contributed by atoms with van der Waals surface area (Å²) >= 11 is 6.05. The van der Waals surface area contributed by atoms with Crippen LogP contribution in [0.4, 0.5) is 0 Å². The minimum atomic E-state index is -2.95. The third-order valence-corrected chi connectivity index (χ3v) is 4.99. The summed E-state index contributed by atoms with van der Waals surface area (Å²) in [5.74, 6) is 0.986. The summed E-state index contributed by atoms with van der Waals surface area (Å²) in [5, 5.41) is 4.00. The molecule has 0 fully saturated rings. The number of sulfone groups is 1. The number of nitrogens with one attached hydrogen (secondary N) is 1. The minimum Gasteiger partial charge on any atom is -0.357 e. The maximum atomic E-state index is 11.4. The molecular formula is C18H30ClN3O2S. The zero-order chi connectivity index (χ0) is 19.1. The van der Waals surface area contributed by atoms with Crippen molar-refractivity contribution in [2.45, 2.75) is 33.7 Å². The van der Waals surface area contributed by atoms with E-state index in [1.54, 1.807) is 0 Å². The molecular weight excluding hydrogens is 358 g/mol. The van der Waals surface area contributed by atoms with Gasteiger partial charge in [0.1, 0.15) is 9.84 Å². The van der Waals surface area contributed by atoms with Gasteiger partial charge in [0.2, 0.25) is 0 Å². The molecule has 0 aromatic heterocycles. The molecule has 0 amide bonds. The lowest BCUT2D eigenvalue weighted by molar-refractivity contribution is 0.361. The average molecular weight is 388 g/mol. The quantitative estimate of drug-likeness (QED) is 0.549. The van der Waals surface area contributed by atoms with E-state index >= 15 is 0 Å². The Balaban J connectivity index is 2.77. The van der Waals surface area contributed by atoms with E-state index in [2.05, 4.69) is 5.32 Å². The van der Waals surface area contributed by atoms with E-state index in [0.717, 1.165) is 23.1 Å². The molecule has 0 unspecified atom stereocenters. The topological polar surface area (TPSA) is 61.8 Å². The second-order valence-electron chi connectivity index (χ2n) is 7.20. The number of nitrogens with zero attached hydrogens (tertiary/aromatic N) is 2. The molecule has 0 aliphatic carbocycles. The number of guanidine groups is 1. The van der Waals surface area contributed by atoms with Gasteiger partial charge in [-0.3, -0.25) is 4.99 Å². The van der Waals surface area contributed by atoms with Gasteiger partial charge in [0.25, 0.3) is 0 Å². The van der Waals surface area contributed by atoms with Crippen molar-refractivity contribution in [3.8, 4) is 0 Å². The molecule has 1 rings (SSSR count). The maximum Gasteiger partial charge on any atom is 0.193 e. The van der Waals surface area contributed by atoms with Crippen molar-refractivity contribution in [3.63, 3.8) is 0 Å². The van der Waals surface area contributed by atoms with Crippen LogP contribution < -0.4 is 5.32 Å². The first kappa shape index (κ1) is 21.8. The molecule has 1 aromatic rings. The van der Waals surface area contributed by atoms with Crippen LogP contribution in [0.15, 0.2) is 29.3 Å². The first-order valence-corrected chi connectivity index (χ1v) is 10.9. The lowest BCUT2D eigenvalue weighted by atomic mass is 9.90. The Bertz CT molecular complexity index is 687. The fourth-order valence-electron chi connectivity index (χ4n) is 2.28. The summed E-state index contributed by atoms with van der Waals surface area (Å²) in [6.45, 7) is 8.13. The average Bonchev–Trinajstić information content (AvgIpc) is 2.49. The molecule has 142 valence electrons. The van der Waals surface area contributed by atoms with Gasteiger partial charge in [0.05, 0.1) is 5.75 Å². The molecule has 5 nitrogen and oxygen atoms in total. The van der Waals surface area contributed by atoms with Crippen LogP contribution in [0.1, 0.15) is 32.8 Å². The largest absolute Gasteiger partial charge is 0.357 e. The van der Waals surface area contributed by atoms with Gasteiger partial charge in [-0.05, 0) is 36.5 Å². The monoisotopic (exact) mass is 387 g/mol. The number of hydrogen-bond acceptors (Lipinski definition) is 3. The summed E-state index contributed by atoms with van der Waals surface area (Å²) in [6.07, 6.45) is 1.86. The fourth-order valence-corrected chi connectivity index (χ4v) is 3.42. The Labute approximate surface area is 157 Å². The van der Waals surface area contributed by atoms with Crippen LogP contribution in [-0.2, 0) is 16.4 Å². The highest BCUT2D eigenvalue weighted by molar-refractivity contribution is 7.90. The predicted octanol–water partition coefficient (Wildman–Crippen LogP) is 3.20. The van der Waals surface area contributed by atoms with E-state index in [0.29, 0.717) is 19.5 Å². The van der Waals surface area contributed by atoms with Gasteiger partial charge in [-0.2, -0.15) is 0 Å². The van der Waals surface area contributed by atoms with Crippen molar-refractivity contribution in [1.29, 1.82) is 0 Å². The van der Waals surface area contributed by atoms with Crippen LogP contribution in [0, 0.1) is 5.41 Å². The molecule has 25 heavy (non-hydrogen) atoms. The van der Waals surface area contributed by atoms with E-state index in [9.17, 15) is 8.42 Å². The predicted molar refractivity (Wildman–Crippen MR) is 107 cm³/mol. The van der Waals surface area contributed by atoms with Gasteiger partial charge in [-0.1, -0.05) is 37.6 Å². The number of aliphatic imine (C=N–C) groups is 1. The van der Waals surface area contributed by atoms with Crippen molar-refractivity contribution in [2.24, 2.45) is 10.4 Å². The lowest BCUT2D eigenvalue weighted by Crippen LogP contribution is -2.39. The van der Waals surface area contributed by atoms with Crippen LogP contribution in [0.2, 0.25) is 5.02 Å². The van der Waals surface area contributed by atoms with Crippen LogP contribution in [-0.4, -0.2) is 51.4 Å². The molecule has 0 saturated heterocycles. The van der Waals surface area contributed by atoms with Crippen LogP contribution in [0.3, 0.4) is 0 Å². The Morgan fingerprint density at radius 1 is 1.36 bits per heavy atom. The maximum absolute atomic E-state index is 11.4. The Morgan fingerprint density at radius 2 is 2.04 bits per heavy atom. The molecule has 0 bridgehead atoms. The van der Waals surface area contributed by atoms with E-state index in [4.69, 9.17) is 16.6 Å². The van der Waals surface area contributed by atoms with Crippen molar-refractivity contribution in [1.82, 2.24) is 10.2 Å². The summed E-state index contributed by atoms with van der Waals surface area (Å²) in [5.41, 5.74) is 0.928. The number of hydrogen-bond donors (Lipinski definition) is 1. The number of benzene rings is 1. The summed E-state index contributed by atoms with van der Waals surface area (Å²) in [4.78, 5) is 6.75. The number of halogens is 1. The van der Waals surface area contributed by atoms with Crippen molar-refractivity contribution in [2.75, 3.05) is 32.1 Å². The highest BCUT2D eigenvalue weighted by Gasteiger charge is 2.20. The van der Waals surface area contributed by atoms with E-state index in [-0.39, 0.29) is 11.2 Å². The molecule has 1 aromatic carbocycles. The summed E-state index contributed by atoms with van der Waals surface area (Å²) in [6, 6.07) is 7.76. The molecule has 0 aliphatic rings. The van der Waals surface area contributed by atoms with E-state index in [1.807, 2.05) is 57.0 Å². The van der Waals surface area contributed by atoms with E-state index in [1.165, 1.54) is 6.26 Å². The first-order valence-electron chi connectivity index (χ1n) is 8.44. The van der Waals surface area contributed by atoms with Crippen LogP contribution in [0.25, 0.3) is 0 Å².